The Morgan fingerprint density at radius 2 is 1.75 bits per heavy atom. The Kier molecular flexibility index (Phi) is 9.23. The Balaban J connectivity index is 0.00000288. The Morgan fingerprint density at radius 3 is 2.42 bits per heavy atom. The molecule has 2 aromatic carbocycles. The first-order chi connectivity index (χ1) is 11.2. The quantitative estimate of drug-likeness (QED) is 0.775. The summed E-state index contributed by atoms with van der Waals surface area (Å²) in [5.41, 5.74) is 6.65. The number of para-hydroxylation sites is 1. The van der Waals surface area contributed by atoms with Crippen LogP contribution in [0.5, 0.6) is 5.75 Å². The van der Waals surface area contributed by atoms with E-state index in [2.05, 4.69) is 0 Å². The molecule has 24 heavy (non-hydrogen) atoms. The van der Waals surface area contributed by atoms with E-state index in [9.17, 15) is 4.79 Å². The summed E-state index contributed by atoms with van der Waals surface area (Å²) in [6, 6.07) is 17.0. The summed E-state index contributed by atoms with van der Waals surface area (Å²) in [5, 5.41) is 0.497. The minimum atomic E-state index is -0.0813. The molecule has 0 fully saturated rings. The lowest BCUT2D eigenvalue weighted by Crippen LogP contribution is -2.36. The lowest BCUT2D eigenvalue weighted by atomic mass is 10.2. The first-order valence-corrected chi connectivity index (χ1v) is 7.97. The number of hydrogen-bond acceptors (Lipinski definition) is 3. The molecule has 0 unspecified atom stereocenters. The summed E-state index contributed by atoms with van der Waals surface area (Å²) >= 11 is 6.03. The molecule has 0 aliphatic carbocycles. The minimum Gasteiger partial charge on any atom is -0.482 e. The lowest BCUT2D eigenvalue weighted by molar-refractivity contribution is -0.134. The minimum absolute atomic E-state index is 0. The molecule has 0 aliphatic heterocycles. The molecule has 0 saturated heterocycles. The first kappa shape index (κ1) is 20.3. The number of benzene rings is 2. The highest BCUT2D eigenvalue weighted by Gasteiger charge is 2.15. The van der Waals surface area contributed by atoms with Crippen molar-refractivity contribution in [3.63, 3.8) is 0 Å². The highest BCUT2D eigenvalue weighted by Crippen LogP contribution is 2.23. The van der Waals surface area contributed by atoms with Gasteiger partial charge in [-0.15, -0.1) is 12.4 Å². The second-order valence-corrected chi connectivity index (χ2v) is 5.57. The molecule has 2 aromatic rings. The molecular formula is C18H22Cl2N2O2. The molecule has 0 aromatic heterocycles. The van der Waals surface area contributed by atoms with Gasteiger partial charge in [-0.1, -0.05) is 54.1 Å². The number of hydrogen-bond donors (Lipinski definition) is 1. The number of nitrogens with two attached hydrogens (primary N) is 1. The predicted molar refractivity (Wildman–Crippen MR) is 99.7 cm³/mol. The number of carbonyl (C=O) groups is 1. The summed E-state index contributed by atoms with van der Waals surface area (Å²) < 4.78 is 5.54. The van der Waals surface area contributed by atoms with Crippen LogP contribution in [-0.2, 0) is 11.3 Å². The smallest absolute Gasteiger partial charge is 0.260 e. The molecule has 2 N–H and O–H groups in total. The summed E-state index contributed by atoms with van der Waals surface area (Å²) in [4.78, 5) is 14.2. The Morgan fingerprint density at radius 1 is 1.08 bits per heavy atom. The van der Waals surface area contributed by atoms with E-state index in [0.29, 0.717) is 30.4 Å². The Bertz CT molecular complexity index is 623. The molecule has 130 valence electrons. The third-order valence-electron chi connectivity index (χ3n) is 3.39. The summed E-state index contributed by atoms with van der Waals surface area (Å²) in [6.45, 7) is 1.66. The van der Waals surface area contributed by atoms with Crippen LogP contribution in [0.1, 0.15) is 12.0 Å². The van der Waals surface area contributed by atoms with Gasteiger partial charge >= 0.3 is 0 Å². The van der Waals surface area contributed by atoms with Crippen molar-refractivity contribution >= 4 is 29.9 Å². The fourth-order valence-corrected chi connectivity index (χ4v) is 2.36. The van der Waals surface area contributed by atoms with E-state index in [-0.39, 0.29) is 24.9 Å². The predicted octanol–water partition coefficient (Wildman–Crippen LogP) is 3.52. The van der Waals surface area contributed by atoms with Gasteiger partial charge in [-0.05, 0) is 30.7 Å². The second-order valence-electron chi connectivity index (χ2n) is 5.16. The van der Waals surface area contributed by atoms with Crippen LogP contribution >= 0.6 is 24.0 Å². The van der Waals surface area contributed by atoms with E-state index in [1.807, 2.05) is 42.5 Å². The van der Waals surface area contributed by atoms with E-state index < -0.39 is 0 Å². The molecule has 0 bridgehead atoms. The highest BCUT2D eigenvalue weighted by atomic mass is 35.5. The maximum absolute atomic E-state index is 12.5. The van der Waals surface area contributed by atoms with Crippen LogP contribution in [0, 0.1) is 0 Å². The van der Waals surface area contributed by atoms with E-state index in [4.69, 9.17) is 22.1 Å². The third kappa shape index (κ3) is 6.40. The lowest BCUT2D eigenvalue weighted by Gasteiger charge is -2.23. The Hall–Kier alpha value is -1.75. The van der Waals surface area contributed by atoms with Crippen molar-refractivity contribution in [1.29, 1.82) is 0 Å². The van der Waals surface area contributed by atoms with Gasteiger partial charge in [-0.2, -0.15) is 0 Å². The average Bonchev–Trinajstić information content (AvgIpc) is 2.58. The van der Waals surface area contributed by atoms with Gasteiger partial charge < -0.3 is 15.4 Å². The number of ether oxygens (including phenoxy) is 1. The van der Waals surface area contributed by atoms with Crippen LogP contribution in [0.25, 0.3) is 0 Å². The van der Waals surface area contributed by atoms with Crippen LogP contribution in [0.15, 0.2) is 54.6 Å². The summed E-state index contributed by atoms with van der Waals surface area (Å²) in [7, 11) is 0. The molecule has 6 heteroatoms. The van der Waals surface area contributed by atoms with Crippen LogP contribution in [0.2, 0.25) is 5.02 Å². The molecule has 0 atom stereocenters. The molecule has 0 radical (unpaired) electrons. The monoisotopic (exact) mass is 368 g/mol. The SMILES string of the molecule is Cl.NCCCN(Cc1ccccc1)C(=O)COc1ccccc1Cl. The van der Waals surface area contributed by atoms with Crippen LogP contribution in [0.3, 0.4) is 0 Å². The third-order valence-corrected chi connectivity index (χ3v) is 3.70. The molecule has 0 saturated carbocycles. The normalized spacial score (nSPS) is 9.92. The van der Waals surface area contributed by atoms with E-state index in [1.165, 1.54) is 0 Å². The molecule has 1 amide bonds. The molecule has 0 heterocycles. The molecular weight excluding hydrogens is 347 g/mol. The van der Waals surface area contributed by atoms with Crippen LogP contribution in [-0.4, -0.2) is 30.5 Å². The van der Waals surface area contributed by atoms with E-state index in [1.54, 1.807) is 17.0 Å². The molecule has 0 aliphatic rings. The number of rotatable bonds is 8. The number of carbonyl (C=O) groups excluding carboxylic acids is 1. The molecule has 4 nitrogen and oxygen atoms in total. The van der Waals surface area contributed by atoms with E-state index in [0.717, 1.165) is 12.0 Å². The van der Waals surface area contributed by atoms with Gasteiger partial charge in [0, 0.05) is 13.1 Å². The zero-order valence-electron chi connectivity index (χ0n) is 13.4. The zero-order valence-corrected chi connectivity index (χ0v) is 14.9. The maximum atomic E-state index is 12.5. The number of nitrogens with zero attached hydrogens (tertiary/aromatic N) is 1. The van der Waals surface area contributed by atoms with Crippen molar-refractivity contribution in [1.82, 2.24) is 4.90 Å². The topological polar surface area (TPSA) is 55.6 Å². The molecule has 0 spiro atoms. The summed E-state index contributed by atoms with van der Waals surface area (Å²) in [6.07, 6.45) is 0.755. The van der Waals surface area contributed by atoms with Gasteiger partial charge in [0.2, 0.25) is 0 Å². The van der Waals surface area contributed by atoms with E-state index >= 15 is 0 Å². The second kappa shape index (κ2) is 10.9. The van der Waals surface area contributed by atoms with Crippen LogP contribution in [0.4, 0.5) is 0 Å². The number of halogens is 2. The maximum Gasteiger partial charge on any atom is 0.260 e. The fourth-order valence-electron chi connectivity index (χ4n) is 2.17. The van der Waals surface area contributed by atoms with Gasteiger partial charge in [-0.3, -0.25) is 4.79 Å². The van der Waals surface area contributed by atoms with Crippen molar-refractivity contribution in [3.05, 3.63) is 65.2 Å². The van der Waals surface area contributed by atoms with Crippen molar-refractivity contribution in [3.8, 4) is 5.75 Å². The van der Waals surface area contributed by atoms with Gasteiger partial charge in [0.15, 0.2) is 6.61 Å². The van der Waals surface area contributed by atoms with Crippen molar-refractivity contribution in [2.24, 2.45) is 5.73 Å². The van der Waals surface area contributed by atoms with Crippen LogP contribution < -0.4 is 10.5 Å². The fraction of sp³-hybridized carbons (Fsp3) is 0.278. The average molecular weight is 369 g/mol. The number of amides is 1. The van der Waals surface area contributed by atoms with Gasteiger partial charge in [0.25, 0.3) is 5.91 Å². The summed E-state index contributed by atoms with van der Waals surface area (Å²) in [5.74, 6) is 0.434. The van der Waals surface area contributed by atoms with Gasteiger partial charge in [-0.25, -0.2) is 0 Å². The molecule has 2 rings (SSSR count). The van der Waals surface area contributed by atoms with Crippen molar-refractivity contribution in [2.75, 3.05) is 19.7 Å². The zero-order chi connectivity index (χ0) is 16.5. The van der Waals surface area contributed by atoms with Gasteiger partial charge in [0.1, 0.15) is 5.75 Å². The van der Waals surface area contributed by atoms with Gasteiger partial charge in [0.05, 0.1) is 5.02 Å². The largest absolute Gasteiger partial charge is 0.482 e. The Labute approximate surface area is 154 Å². The standard InChI is InChI=1S/C18H21ClN2O2.ClH/c19-16-9-4-5-10-17(16)23-14-18(22)21(12-6-11-20)13-15-7-2-1-3-8-15;/h1-5,7-10H,6,11-14,20H2;1H. The first-order valence-electron chi connectivity index (χ1n) is 7.60. The van der Waals surface area contributed by atoms with Crippen molar-refractivity contribution < 1.29 is 9.53 Å². The highest BCUT2D eigenvalue weighted by molar-refractivity contribution is 6.32. The van der Waals surface area contributed by atoms with Crippen molar-refractivity contribution in [2.45, 2.75) is 13.0 Å².